The van der Waals surface area contributed by atoms with Gasteiger partial charge in [-0.1, -0.05) is 40.9 Å². The molecule has 2 atom stereocenters. The molecule has 0 aliphatic heterocycles. The number of carbonyl (C=O) groups is 1. The van der Waals surface area contributed by atoms with Crippen LogP contribution < -0.4 is 10.6 Å². The van der Waals surface area contributed by atoms with Crippen molar-refractivity contribution in [2.75, 3.05) is 5.32 Å². The lowest BCUT2D eigenvalue weighted by Gasteiger charge is -2.22. The van der Waals surface area contributed by atoms with Gasteiger partial charge in [0.05, 0.1) is 11.1 Å². The Balaban J connectivity index is 2.11. The van der Waals surface area contributed by atoms with Crippen LogP contribution in [0.15, 0.2) is 24.3 Å². The van der Waals surface area contributed by atoms with Crippen molar-refractivity contribution in [3.63, 3.8) is 0 Å². The molecule has 2 aromatic carbocycles. The summed E-state index contributed by atoms with van der Waals surface area (Å²) in [4.78, 5) is 12.6. The van der Waals surface area contributed by atoms with E-state index in [9.17, 15) is 9.18 Å². The molecule has 0 fully saturated rings. The van der Waals surface area contributed by atoms with Crippen LogP contribution in [-0.4, -0.2) is 11.9 Å². The summed E-state index contributed by atoms with van der Waals surface area (Å²) in [5, 5.41) is 6.45. The number of nitrogens with one attached hydrogen (secondary N) is 2. The molecule has 2 rings (SSSR count). The monoisotopic (exact) mass is 396 g/mol. The summed E-state index contributed by atoms with van der Waals surface area (Å²) >= 11 is 11.9. The van der Waals surface area contributed by atoms with Gasteiger partial charge in [-0.3, -0.25) is 10.1 Å². The number of aryl methyl sites for hydroxylation is 3. The van der Waals surface area contributed by atoms with Gasteiger partial charge in [0.1, 0.15) is 5.82 Å². The molecular weight excluding hydrogens is 374 g/mol. The summed E-state index contributed by atoms with van der Waals surface area (Å²) in [6.07, 6.45) is 0. The second-order valence-corrected chi connectivity index (χ2v) is 7.48. The quantitative estimate of drug-likeness (QED) is 0.632. The lowest BCUT2D eigenvalue weighted by Crippen LogP contribution is -2.39. The van der Waals surface area contributed by atoms with Gasteiger partial charge in [0, 0.05) is 16.8 Å². The molecule has 0 spiro atoms. The fourth-order valence-corrected chi connectivity index (χ4v) is 3.57. The average molecular weight is 397 g/mol. The van der Waals surface area contributed by atoms with Crippen molar-refractivity contribution in [3.05, 3.63) is 62.4 Å². The van der Waals surface area contributed by atoms with E-state index in [0.29, 0.717) is 10.6 Å². The highest BCUT2D eigenvalue weighted by atomic mass is 35.5. The van der Waals surface area contributed by atoms with Gasteiger partial charge in [-0.05, 0) is 63.4 Å². The molecule has 0 bridgehead atoms. The minimum Gasteiger partial charge on any atom is -0.324 e. The van der Waals surface area contributed by atoms with E-state index in [1.165, 1.54) is 12.1 Å². The highest BCUT2D eigenvalue weighted by Gasteiger charge is 2.20. The molecule has 2 N–H and O–H groups in total. The van der Waals surface area contributed by atoms with Gasteiger partial charge in [0.15, 0.2) is 0 Å². The maximum absolute atomic E-state index is 13.7. The van der Waals surface area contributed by atoms with Crippen molar-refractivity contribution in [1.29, 1.82) is 0 Å². The molecule has 0 saturated carbocycles. The number of amides is 1. The number of carbonyl (C=O) groups excluding carboxylic acids is 1. The fourth-order valence-electron chi connectivity index (χ4n) is 3.02. The molecular formula is C20H23Cl2FN2O. The van der Waals surface area contributed by atoms with Crippen LogP contribution in [0.25, 0.3) is 0 Å². The highest BCUT2D eigenvalue weighted by molar-refractivity contribution is 6.35. The maximum Gasteiger partial charge on any atom is 0.241 e. The first kappa shape index (κ1) is 20.7. The number of benzene rings is 2. The Bertz CT molecular complexity index is 816. The Kier molecular flexibility index (Phi) is 6.67. The molecule has 140 valence electrons. The summed E-state index contributed by atoms with van der Waals surface area (Å²) < 4.78 is 13.7. The van der Waals surface area contributed by atoms with Gasteiger partial charge in [-0.2, -0.15) is 0 Å². The van der Waals surface area contributed by atoms with E-state index >= 15 is 0 Å². The number of rotatable bonds is 5. The average Bonchev–Trinajstić information content (AvgIpc) is 2.53. The Morgan fingerprint density at radius 2 is 1.58 bits per heavy atom. The van der Waals surface area contributed by atoms with E-state index in [2.05, 4.69) is 10.6 Å². The first-order valence-corrected chi connectivity index (χ1v) is 9.15. The van der Waals surface area contributed by atoms with Crippen LogP contribution in [0.4, 0.5) is 10.1 Å². The molecule has 0 saturated heterocycles. The van der Waals surface area contributed by atoms with E-state index < -0.39 is 11.9 Å². The predicted molar refractivity (Wildman–Crippen MR) is 107 cm³/mol. The van der Waals surface area contributed by atoms with Gasteiger partial charge >= 0.3 is 0 Å². The molecule has 3 nitrogen and oxygen atoms in total. The van der Waals surface area contributed by atoms with Crippen LogP contribution >= 0.6 is 23.2 Å². The summed E-state index contributed by atoms with van der Waals surface area (Å²) in [6.45, 7) is 9.53. The SMILES string of the molecule is Cc1cc(C)c(NC(=O)[C@H](C)N[C@H](C)c2cc(F)c(Cl)cc2Cl)c(C)c1. The van der Waals surface area contributed by atoms with Crippen molar-refractivity contribution in [3.8, 4) is 0 Å². The zero-order chi connectivity index (χ0) is 19.6. The lowest BCUT2D eigenvalue weighted by atomic mass is 10.0. The molecule has 0 heterocycles. The van der Waals surface area contributed by atoms with Crippen molar-refractivity contribution in [2.45, 2.75) is 46.7 Å². The van der Waals surface area contributed by atoms with E-state index in [1.807, 2.05) is 39.8 Å². The van der Waals surface area contributed by atoms with E-state index in [-0.39, 0.29) is 17.0 Å². The molecule has 0 unspecified atom stereocenters. The molecule has 6 heteroatoms. The zero-order valence-corrected chi connectivity index (χ0v) is 17.0. The van der Waals surface area contributed by atoms with Crippen molar-refractivity contribution < 1.29 is 9.18 Å². The van der Waals surface area contributed by atoms with Crippen LogP contribution in [-0.2, 0) is 4.79 Å². The van der Waals surface area contributed by atoms with Gasteiger partial charge in [-0.15, -0.1) is 0 Å². The van der Waals surface area contributed by atoms with Crippen LogP contribution in [0.3, 0.4) is 0 Å². The van der Waals surface area contributed by atoms with E-state index in [4.69, 9.17) is 23.2 Å². The number of anilines is 1. The predicted octanol–water partition coefficient (Wildman–Crippen LogP) is 5.74. The fraction of sp³-hybridized carbons (Fsp3) is 0.350. The minimum atomic E-state index is -0.539. The Labute approximate surface area is 163 Å². The van der Waals surface area contributed by atoms with Crippen LogP contribution in [0.2, 0.25) is 10.0 Å². The topological polar surface area (TPSA) is 41.1 Å². The van der Waals surface area contributed by atoms with Crippen molar-refractivity contribution in [1.82, 2.24) is 5.32 Å². The molecule has 2 aromatic rings. The third-order valence-corrected chi connectivity index (χ3v) is 4.94. The van der Waals surface area contributed by atoms with Crippen LogP contribution in [0, 0.1) is 26.6 Å². The van der Waals surface area contributed by atoms with Crippen LogP contribution in [0.5, 0.6) is 0 Å². The summed E-state index contributed by atoms with van der Waals surface area (Å²) in [7, 11) is 0. The molecule has 26 heavy (non-hydrogen) atoms. The molecule has 1 amide bonds. The Morgan fingerprint density at radius 3 is 2.15 bits per heavy atom. The van der Waals surface area contributed by atoms with Crippen molar-refractivity contribution >= 4 is 34.8 Å². The first-order chi connectivity index (χ1) is 12.1. The van der Waals surface area contributed by atoms with Gasteiger partial charge < -0.3 is 5.32 Å². The summed E-state index contributed by atoms with van der Waals surface area (Å²) in [5.41, 5.74) is 4.54. The van der Waals surface area contributed by atoms with Crippen LogP contribution in [0.1, 0.15) is 42.1 Å². The normalized spacial score (nSPS) is 13.4. The first-order valence-electron chi connectivity index (χ1n) is 8.39. The Hall–Kier alpha value is -1.62. The van der Waals surface area contributed by atoms with Gasteiger partial charge in [0.2, 0.25) is 5.91 Å². The highest BCUT2D eigenvalue weighted by Crippen LogP contribution is 2.29. The van der Waals surface area contributed by atoms with Crippen molar-refractivity contribution in [2.24, 2.45) is 0 Å². The van der Waals surface area contributed by atoms with Gasteiger partial charge in [0.25, 0.3) is 0 Å². The molecule has 0 aliphatic carbocycles. The third kappa shape index (κ3) is 4.76. The Morgan fingerprint density at radius 1 is 1.00 bits per heavy atom. The number of hydrogen-bond acceptors (Lipinski definition) is 2. The third-order valence-electron chi connectivity index (χ3n) is 4.32. The number of halogens is 3. The largest absolute Gasteiger partial charge is 0.324 e. The minimum absolute atomic E-state index is 0.0259. The second-order valence-electron chi connectivity index (χ2n) is 6.66. The summed E-state index contributed by atoms with van der Waals surface area (Å²) in [6, 6.07) is 5.89. The van der Waals surface area contributed by atoms with E-state index in [0.717, 1.165) is 22.4 Å². The lowest BCUT2D eigenvalue weighted by molar-refractivity contribution is -0.117. The zero-order valence-electron chi connectivity index (χ0n) is 15.5. The standard InChI is InChI=1S/C20H23Cl2FN2O/c1-10-6-11(2)19(12(3)7-10)25-20(26)14(5)24-13(4)15-8-18(23)17(22)9-16(15)21/h6-9,13-14,24H,1-5H3,(H,25,26)/t13-,14+/m1/s1. The summed E-state index contributed by atoms with van der Waals surface area (Å²) in [5.74, 6) is -0.708. The molecule has 0 radical (unpaired) electrons. The van der Waals surface area contributed by atoms with Gasteiger partial charge in [-0.25, -0.2) is 4.39 Å². The molecule has 0 aromatic heterocycles. The second kappa shape index (κ2) is 8.38. The van der Waals surface area contributed by atoms with E-state index in [1.54, 1.807) is 6.92 Å². The number of hydrogen-bond donors (Lipinski definition) is 2. The molecule has 0 aliphatic rings. The maximum atomic E-state index is 13.7. The smallest absolute Gasteiger partial charge is 0.241 e.